The smallest absolute Gasteiger partial charge is 0.242 e. The van der Waals surface area contributed by atoms with E-state index in [9.17, 15) is 4.79 Å². The van der Waals surface area contributed by atoms with Crippen LogP contribution in [0, 0.1) is 13.8 Å². The van der Waals surface area contributed by atoms with Crippen LogP contribution < -0.4 is 9.64 Å². The lowest BCUT2D eigenvalue weighted by atomic mass is 10.1. The highest BCUT2D eigenvalue weighted by molar-refractivity contribution is 7.10. The SMILES string of the molecule is COc1ccsc1CN(C(=O)CCl)c1c(C)cccc1C. The normalized spacial score (nSPS) is 10.5. The van der Waals surface area contributed by atoms with Gasteiger partial charge in [-0.05, 0) is 36.4 Å². The Morgan fingerprint density at radius 1 is 1.29 bits per heavy atom. The number of hydrogen-bond donors (Lipinski definition) is 0. The van der Waals surface area contributed by atoms with E-state index in [1.165, 1.54) is 0 Å². The molecule has 1 aromatic heterocycles. The van der Waals surface area contributed by atoms with Gasteiger partial charge >= 0.3 is 0 Å². The van der Waals surface area contributed by atoms with E-state index in [-0.39, 0.29) is 11.8 Å². The van der Waals surface area contributed by atoms with Gasteiger partial charge in [0.1, 0.15) is 11.6 Å². The van der Waals surface area contributed by atoms with Crippen molar-refractivity contribution >= 4 is 34.5 Å². The maximum atomic E-state index is 12.3. The van der Waals surface area contributed by atoms with Crippen LogP contribution in [0.2, 0.25) is 0 Å². The van der Waals surface area contributed by atoms with Gasteiger partial charge in [0.2, 0.25) is 5.91 Å². The summed E-state index contributed by atoms with van der Waals surface area (Å²) in [5.41, 5.74) is 3.05. The summed E-state index contributed by atoms with van der Waals surface area (Å²) >= 11 is 7.37. The lowest BCUT2D eigenvalue weighted by molar-refractivity contribution is -0.116. The minimum Gasteiger partial charge on any atom is -0.496 e. The Kier molecular flexibility index (Phi) is 5.26. The number of aryl methyl sites for hydroxylation is 2. The molecule has 0 fully saturated rings. The van der Waals surface area contributed by atoms with Crippen molar-refractivity contribution in [2.24, 2.45) is 0 Å². The van der Waals surface area contributed by atoms with Gasteiger partial charge in [-0.2, -0.15) is 0 Å². The lowest BCUT2D eigenvalue weighted by Crippen LogP contribution is -2.32. The second-order valence-electron chi connectivity index (χ2n) is 4.77. The summed E-state index contributed by atoms with van der Waals surface area (Å²) in [6.45, 7) is 4.48. The van der Waals surface area contributed by atoms with Gasteiger partial charge in [-0.25, -0.2) is 0 Å². The third-order valence-corrected chi connectivity index (χ3v) is 4.47. The Morgan fingerprint density at radius 3 is 2.52 bits per heavy atom. The molecular formula is C16H18ClNO2S. The summed E-state index contributed by atoms with van der Waals surface area (Å²) in [4.78, 5) is 15.1. The summed E-state index contributed by atoms with van der Waals surface area (Å²) in [5, 5.41) is 1.96. The van der Waals surface area contributed by atoms with Gasteiger partial charge in [0.25, 0.3) is 0 Å². The highest BCUT2D eigenvalue weighted by atomic mass is 35.5. The second kappa shape index (κ2) is 6.96. The highest BCUT2D eigenvalue weighted by Crippen LogP contribution is 2.31. The molecule has 0 aliphatic carbocycles. The van der Waals surface area contributed by atoms with Crippen molar-refractivity contribution in [1.82, 2.24) is 0 Å². The van der Waals surface area contributed by atoms with E-state index in [4.69, 9.17) is 16.3 Å². The number of thiophene rings is 1. The molecule has 2 rings (SSSR count). The van der Waals surface area contributed by atoms with Gasteiger partial charge in [0.15, 0.2) is 0 Å². The topological polar surface area (TPSA) is 29.5 Å². The molecule has 21 heavy (non-hydrogen) atoms. The maximum Gasteiger partial charge on any atom is 0.242 e. The van der Waals surface area contributed by atoms with Crippen LogP contribution in [0.3, 0.4) is 0 Å². The molecule has 0 radical (unpaired) electrons. The monoisotopic (exact) mass is 323 g/mol. The van der Waals surface area contributed by atoms with E-state index < -0.39 is 0 Å². The van der Waals surface area contributed by atoms with Gasteiger partial charge in [-0.15, -0.1) is 22.9 Å². The predicted octanol–water partition coefficient (Wildman–Crippen LogP) is 4.15. The van der Waals surface area contributed by atoms with Crippen molar-refractivity contribution < 1.29 is 9.53 Å². The van der Waals surface area contributed by atoms with Crippen molar-refractivity contribution in [2.75, 3.05) is 17.9 Å². The Bertz CT molecular complexity index is 619. The van der Waals surface area contributed by atoms with Crippen molar-refractivity contribution in [2.45, 2.75) is 20.4 Å². The lowest BCUT2D eigenvalue weighted by Gasteiger charge is -2.25. The second-order valence-corrected chi connectivity index (χ2v) is 6.03. The van der Waals surface area contributed by atoms with Crippen molar-refractivity contribution in [1.29, 1.82) is 0 Å². The van der Waals surface area contributed by atoms with Crippen LogP contribution in [-0.2, 0) is 11.3 Å². The molecule has 5 heteroatoms. The number of ether oxygens (including phenoxy) is 1. The van der Waals surface area contributed by atoms with Gasteiger partial charge in [0.05, 0.1) is 18.5 Å². The molecule has 0 unspecified atom stereocenters. The van der Waals surface area contributed by atoms with E-state index in [1.807, 2.05) is 43.5 Å². The van der Waals surface area contributed by atoms with E-state index in [1.54, 1.807) is 23.3 Å². The molecule has 2 aromatic rings. The van der Waals surface area contributed by atoms with Crippen LogP contribution in [0.5, 0.6) is 5.75 Å². The van der Waals surface area contributed by atoms with Crippen LogP contribution in [0.25, 0.3) is 0 Å². The number of rotatable bonds is 5. The van der Waals surface area contributed by atoms with Crippen LogP contribution in [0.15, 0.2) is 29.6 Å². The van der Waals surface area contributed by atoms with Crippen molar-refractivity contribution in [3.63, 3.8) is 0 Å². The third kappa shape index (κ3) is 3.39. The molecule has 1 heterocycles. The first kappa shape index (κ1) is 15.9. The number of methoxy groups -OCH3 is 1. The highest BCUT2D eigenvalue weighted by Gasteiger charge is 2.21. The van der Waals surface area contributed by atoms with Gasteiger partial charge < -0.3 is 9.64 Å². The van der Waals surface area contributed by atoms with Crippen LogP contribution in [0.1, 0.15) is 16.0 Å². The molecule has 112 valence electrons. The van der Waals surface area contributed by atoms with E-state index >= 15 is 0 Å². The Labute approximate surface area is 134 Å². The van der Waals surface area contributed by atoms with Gasteiger partial charge in [-0.1, -0.05) is 18.2 Å². The molecule has 0 aliphatic heterocycles. The molecule has 0 aliphatic rings. The fourth-order valence-electron chi connectivity index (χ4n) is 2.37. The molecule has 0 saturated heterocycles. The minimum absolute atomic E-state index is 0.0402. The van der Waals surface area contributed by atoms with E-state index in [0.717, 1.165) is 27.4 Å². The zero-order chi connectivity index (χ0) is 15.4. The number of benzene rings is 1. The number of amides is 1. The first-order chi connectivity index (χ1) is 10.1. The predicted molar refractivity (Wildman–Crippen MR) is 88.7 cm³/mol. The minimum atomic E-state index is -0.107. The summed E-state index contributed by atoms with van der Waals surface area (Å²) in [7, 11) is 1.64. The number of carbonyl (C=O) groups excluding carboxylic acids is 1. The molecule has 1 amide bonds. The van der Waals surface area contributed by atoms with Crippen molar-refractivity contribution in [3.05, 3.63) is 45.6 Å². The average molecular weight is 324 g/mol. The number of halogens is 1. The standard InChI is InChI=1S/C16H18ClNO2S/c1-11-5-4-6-12(2)16(11)18(15(19)9-17)10-14-13(20-3)7-8-21-14/h4-8H,9-10H2,1-3H3. The number of hydrogen-bond acceptors (Lipinski definition) is 3. The van der Waals surface area contributed by atoms with E-state index in [0.29, 0.717) is 6.54 Å². The van der Waals surface area contributed by atoms with Gasteiger partial charge in [-0.3, -0.25) is 4.79 Å². The van der Waals surface area contributed by atoms with Crippen molar-refractivity contribution in [3.8, 4) is 5.75 Å². The van der Waals surface area contributed by atoms with Crippen LogP contribution >= 0.6 is 22.9 Å². The summed E-state index contributed by atoms with van der Waals surface area (Å²) in [6, 6.07) is 7.91. The summed E-state index contributed by atoms with van der Waals surface area (Å²) in [6.07, 6.45) is 0. The third-order valence-electron chi connectivity index (χ3n) is 3.35. The fourth-order valence-corrected chi connectivity index (χ4v) is 3.34. The van der Waals surface area contributed by atoms with Crippen LogP contribution in [0.4, 0.5) is 5.69 Å². The number of nitrogens with zero attached hydrogens (tertiary/aromatic N) is 1. The summed E-state index contributed by atoms with van der Waals surface area (Å²) < 4.78 is 5.34. The molecule has 0 saturated carbocycles. The Morgan fingerprint density at radius 2 is 1.95 bits per heavy atom. The molecular weight excluding hydrogens is 306 g/mol. The molecule has 3 nitrogen and oxygen atoms in total. The van der Waals surface area contributed by atoms with Crippen LogP contribution in [-0.4, -0.2) is 18.9 Å². The number of alkyl halides is 1. The quantitative estimate of drug-likeness (QED) is 0.774. The molecule has 0 atom stereocenters. The molecule has 1 aromatic carbocycles. The largest absolute Gasteiger partial charge is 0.496 e. The first-order valence-electron chi connectivity index (χ1n) is 6.61. The number of para-hydroxylation sites is 1. The first-order valence-corrected chi connectivity index (χ1v) is 8.02. The Balaban J connectivity index is 2.42. The maximum absolute atomic E-state index is 12.3. The van der Waals surface area contributed by atoms with E-state index in [2.05, 4.69) is 0 Å². The molecule has 0 spiro atoms. The zero-order valence-electron chi connectivity index (χ0n) is 12.4. The van der Waals surface area contributed by atoms with Gasteiger partial charge in [0, 0.05) is 5.69 Å². The molecule has 0 bridgehead atoms. The number of carbonyl (C=O) groups is 1. The molecule has 0 N–H and O–H groups in total. The fraction of sp³-hybridized carbons (Fsp3) is 0.312. The Hall–Kier alpha value is -1.52. The number of anilines is 1. The average Bonchev–Trinajstić information content (AvgIpc) is 2.92. The zero-order valence-corrected chi connectivity index (χ0v) is 13.9. The summed E-state index contributed by atoms with van der Waals surface area (Å²) in [5.74, 6) is 0.657.